The van der Waals surface area contributed by atoms with Crippen LogP contribution in [0, 0.1) is 0 Å². The Morgan fingerprint density at radius 3 is 0.600 bits per heavy atom. The summed E-state index contributed by atoms with van der Waals surface area (Å²) >= 11 is 0. The zero-order valence-corrected chi connectivity index (χ0v) is 8.25. The Morgan fingerprint density at radius 1 is 0.600 bits per heavy atom. The van der Waals surface area contributed by atoms with Crippen LogP contribution in [0.2, 0.25) is 0 Å². The summed E-state index contributed by atoms with van der Waals surface area (Å²) in [6.07, 6.45) is 0. The topological polar surface area (TPSA) is 85.5 Å². The Morgan fingerprint density at radius 2 is 0.600 bits per heavy atom. The minimum Gasteiger partial charge on any atom is -2.00 e. The van der Waals surface area contributed by atoms with Crippen LogP contribution >= 0.6 is 0 Å². The van der Waals surface area contributed by atoms with Crippen LogP contribution in [0.4, 0.5) is 0 Å². The quantitative estimate of drug-likeness (QED) is 0.492. The molecule has 0 atom stereocenters. The third kappa shape index (κ3) is 34.1. The molecule has 0 fully saturated rings. The summed E-state index contributed by atoms with van der Waals surface area (Å²) in [5.41, 5.74) is 0. The molecule has 0 saturated heterocycles. The van der Waals surface area contributed by atoms with Crippen LogP contribution in [-0.2, 0) is 35.9 Å². The van der Waals surface area contributed by atoms with Gasteiger partial charge in [0.1, 0.15) is 0 Å². The molecule has 0 heterocycles. The summed E-state index contributed by atoms with van der Waals surface area (Å²) in [7, 11) is 0. The molecular formula is O3SnZn. The van der Waals surface area contributed by atoms with E-state index in [1.165, 1.54) is 0 Å². The van der Waals surface area contributed by atoms with Crippen molar-refractivity contribution >= 4 is 23.9 Å². The Bertz CT molecular complexity index is 6.85. The van der Waals surface area contributed by atoms with E-state index in [9.17, 15) is 0 Å². The van der Waals surface area contributed by atoms with Crippen LogP contribution in [0.25, 0.3) is 0 Å². The summed E-state index contributed by atoms with van der Waals surface area (Å²) < 4.78 is 0. The van der Waals surface area contributed by atoms with E-state index in [1.807, 2.05) is 0 Å². The molecule has 5 heteroatoms. The van der Waals surface area contributed by atoms with E-state index in [4.69, 9.17) is 0 Å². The molecule has 0 aromatic heterocycles. The minimum atomic E-state index is 0. The Balaban J connectivity index is 0. The van der Waals surface area contributed by atoms with Crippen LogP contribution in [0.1, 0.15) is 0 Å². The average molecular weight is 232 g/mol. The average Bonchev–Trinajstić information content (AvgIpc) is 0. The number of hydrogen-bond acceptors (Lipinski definition) is 0. The first-order valence-corrected chi connectivity index (χ1v) is 0. The molecular weight excluding hydrogens is 232 g/mol. The zero-order chi connectivity index (χ0) is 0. The van der Waals surface area contributed by atoms with Crippen LogP contribution in [0.5, 0.6) is 0 Å². The van der Waals surface area contributed by atoms with E-state index in [0.29, 0.717) is 0 Å². The first-order valence-electron chi connectivity index (χ1n) is 0. The van der Waals surface area contributed by atoms with Gasteiger partial charge in [-0.05, 0) is 0 Å². The van der Waals surface area contributed by atoms with E-state index < -0.39 is 0 Å². The molecule has 0 radical (unpaired) electrons. The van der Waals surface area contributed by atoms with Gasteiger partial charge in [-0.15, -0.1) is 0 Å². The van der Waals surface area contributed by atoms with Crippen molar-refractivity contribution in [1.82, 2.24) is 0 Å². The molecule has 0 unspecified atom stereocenters. The maximum atomic E-state index is 0. The maximum Gasteiger partial charge on any atom is 4.00 e. The molecule has 24 valence electrons. The molecule has 0 aromatic carbocycles. The van der Waals surface area contributed by atoms with E-state index in [-0.39, 0.29) is 59.8 Å². The predicted octanol–water partition coefficient (Wildman–Crippen LogP) is -0.740. The third-order valence-electron chi connectivity index (χ3n) is 0. The van der Waals surface area contributed by atoms with Gasteiger partial charge >= 0.3 is 43.4 Å². The Kier molecular flexibility index (Phi) is 1210. The Labute approximate surface area is 59.8 Å². The molecule has 0 amide bonds. The summed E-state index contributed by atoms with van der Waals surface area (Å²) in [5.74, 6) is 0. The van der Waals surface area contributed by atoms with Crippen molar-refractivity contribution in [3.05, 3.63) is 0 Å². The van der Waals surface area contributed by atoms with Gasteiger partial charge < -0.3 is 16.4 Å². The molecule has 0 bridgehead atoms. The van der Waals surface area contributed by atoms with Gasteiger partial charge in [-0.3, -0.25) is 0 Å². The number of hydrogen-bond donors (Lipinski definition) is 0. The van der Waals surface area contributed by atoms with Crippen molar-refractivity contribution in [2.45, 2.75) is 0 Å². The van der Waals surface area contributed by atoms with Crippen LogP contribution in [0.3, 0.4) is 0 Å². The molecule has 0 aliphatic heterocycles. The summed E-state index contributed by atoms with van der Waals surface area (Å²) in [4.78, 5) is 0. The fraction of sp³-hybridized carbons (Fsp3) is 0. The van der Waals surface area contributed by atoms with E-state index in [0.717, 1.165) is 0 Å². The largest absolute Gasteiger partial charge is 4.00 e. The van der Waals surface area contributed by atoms with E-state index in [2.05, 4.69) is 0 Å². The van der Waals surface area contributed by atoms with Crippen LogP contribution in [0.15, 0.2) is 0 Å². The van der Waals surface area contributed by atoms with Crippen molar-refractivity contribution in [3.8, 4) is 0 Å². The molecule has 3 nitrogen and oxygen atoms in total. The molecule has 0 N–H and O–H groups in total. The fourth-order valence-corrected chi connectivity index (χ4v) is 0. The summed E-state index contributed by atoms with van der Waals surface area (Å²) in [6.45, 7) is 0. The molecule has 0 aromatic rings. The van der Waals surface area contributed by atoms with Gasteiger partial charge in [-0.1, -0.05) is 0 Å². The van der Waals surface area contributed by atoms with Gasteiger partial charge in [-0.25, -0.2) is 0 Å². The fourth-order valence-electron chi connectivity index (χ4n) is 0. The van der Waals surface area contributed by atoms with Gasteiger partial charge in [0, 0.05) is 0 Å². The first-order chi connectivity index (χ1) is 0. The molecule has 0 saturated carbocycles. The summed E-state index contributed by atoms with van der Waals surface area (Å²) in [6, 6.07) is 0. The van der Waals surface area contributed by atoms with E-state index >= 15 is 0 Å². The van der Waals surface area contributed by atoms with Gasteiger partial charge in [0.2, 0.25) is 0 Å². The predicted molar refractivity (Wildman–Crippen MR) is 7.81 cm³/mol. The second-order valence-corrected chi connectivity index (χ2v) is 0. The van der Waals surface area contributed by atoms with Crippen molar-refractivity contribution in [1.29, 1.82) is 0 Å². The molecule has 0 spiro atoms. The van der Waals surface area contributed by atoms with Crippen molar-refractivity contribution < 1.29 is 35.9 Å². The van der Waals surface area contributed by atoms with E-state index in [1.54, 1.807) is 0 Å². The van der Waals surface area contributed by atoms with Gasteiger partial charge in [0.25, 0.3) is 0 Å². The smallest absolute Gasteiger partial charge is 2.00 e. The standard InChI is InChI=1S/3O.Sn.Zn/q3*-2;+4;+2. The van der Waals surface area contributed by atoms with Crippen LogP contribution < -0.4 is 0 Å². The van der Waals surface area contributed by atoms with Gasteiger partial charge in [0.05, 0.1) is 0 Å². The SMILES string of the molecule is [O-2].[O-2].[O-2].[Sn+4].[Zn+2]. The van der Waals surface area contributed by atoms with Gasteiger partial charge in [0.15, 0.2) is 0 Å². The van der Waals surface area contributed by atoms with Crippen molar-refractivity contribution in [2.75, 3.05) is 0 Å². The zero-order valence-electron chi connectivity index (χ0n) is 2.43. The molecule has 0 aliphatic rings. The second-order valence-electron chi connectivity index (χ2n) is 0. The van der Waals surface area contributed by atoms with Crippen molar-refractivity contribution in [3.63, 3.8) is 0 Å². The maximum absolute atomic E-state index is 0. The summed E-state index contributed by atoms with van der Waals surface area (Å²) in [5, 5.41) is 0. The number of rotatable bonds is 0. The third-order valence-corrected chi connectivity index (χ3v) is 0. The molecule has 5 heavy (non-hydrogen) atoms. The van der Waals surface area contributed by atoms with Crippen molar-refractivity contribution in [2.24, 2.45) is 0 Å². The second kappa shape index (κ2) is 57.9. The van der Waals surface area contributed by atoms with Crippen LogP contribution in [-0.4, -0.2) is 23.9 Å². The monoisotopic (exact) mass is 232 g/mol. The molecule has 0 aliphatic carbocycles. The Hall–Kier alpha value is 1.30. The normalized spacial score (nSPS) is 0. The minimum absolute atomic E-state index is 0. The van der Waals surface area contributed by atoms with Gasteiger partial charge in [-0.2, -0.15) is 0 Å². The molecule has 0 rings (SSSR count). The first kappa shape index (κ1) is 104.